The van der Waals surface area contributed by atoms with E-state index in [4.69, 9.17) is 4.74 Å². The van der Waals surface area contributed by atoms with E-state index in [2.05, 4.69) is 31.3 Å². The number of carbonyl (C=O) groups is 2. The van der Waals surface area contributed by atoms with Gasteiger partial charge >= 0.3 is 5.97 Å². The second-order valence-corrected chi connectivity index (χ2v) is 25.6. The summed E-state index contributed by atoms with van der Waals surface area (Å²) in [5.74, 6) is -0.00558. The number of amides is 1. The highest BCUT2D eigenvalue weighted by atomic mass is 16.5. The Hall–Kier alpha value is -1.40. The zero-order valence-corrected chi connectivity index (χ0v) is 54.6. The molecule has 3 N–H and O–H groups in total. The molecule has 0 fully saturated rings. The van der Waals surface area contributed by atoms with Crippen LogP contribution < -0.4 is 5.32 Å². The first-order chi connectivity index (χ1) is 39.5. The molecule has 1 amide bonds. The van der Waals surface area contributed by atoms with E-state index in [0.717, 1.165) is 38.5 Å². The van der Waals surface area contributed by atoms with Crippen molar-refractivity contribution in [3.63, 3.8) is 0 Å². The summed E-state index contributed by atoms with van der Waals surface area (Å²) in [4.78, 5) is 24.6. The van der Waals surface area contributed by atoms with E-state index >= 15 is 0 Å². The van der Waals surface area contributed by atoms with Crippen LogP contribution in [-0.4, -0.2) is 47.4 Å². The molecule has 0 heterocycles. The van der Waals surface area contributed by atoms with Crippen LogP contribution in [0.1, 0.15) is 425 Å². The van der Waals surface area contributed by atoms with Gasteiger partial charge in [0.25, 0.3) is 0 Å². The van der Waals surface area contributed by atoms with Crippen molar-refractivity contribution in [1.82, 2.24) is 5.32 Å². The lowest BCUT2D eigenvalue weighted by molar-refractivity contribution is -0.143. The number of aliphatic hydroxyl groups is 2. The second kappa shape index (κ2) is 70.1. The maximum absolute atomic E-state index is 12.5. The van der Waals surface area contributed by atoms with Crippen molar-refractivity contribution in [3.05, 3.63) is 12.2 Å². The van der Waals surface area contributed by atoms with Crippen LogP contribution in [0.25, 0.3) is 0 Å². The first-order valence-corrected chi connectivity index (χ1v) is 36.9. The van der Waals surface area contributed by atoms with Crippen LogP contribution in [0.3, 0.4) is 0 Å². The molecule has 2 atom stereocenters. The molecule has 0 bridgehead atoms. The molecule has 0 aromatic heterocycles. The number of esters is 1. The van der Waals surface area contributed by atoms with Gasteiger partial charge in [0.05, 0.1) is 25.4 Å². The van der Waals surface area contributed by atoms with E-state index in [1.807, 2.05) is 0 Å². The molecule has 0 aliphatic rings. The highest BCUT2D eigenvalue weighted by Crippen LogP contribution is 2.19. The Morgan fingerprint density at radius 2 is 0.588 bits per heavy atom. The molecule has 0 radical (unpaired) electrons. The van der Waals surface area contributed by atoms with Crippen molar-refractivity contribution in [2.75, 3.05) is 13.2 Å². The van der Waals surface area contributed by atoms with E-state index in [1.54, 1.807) is 0 Å². The van der Waals surface area contributed by atoms with Gasteiger partial charge in [-0.25, -0.2) is 0 Å². The third-order valence-corrected chi connectivity index (χ3v) is 17.6. The Labute approximate surface area is 501 Å². The average molecular weight is 1130 g/mol. The Balaban J connectivity index is 3.31. The summed E-state index contributed by atoms with van der Waals surface area (Å²) in [7, 11) is 0. The van der Waals surface area contributed by atoms with Crippen LogP contribution >= 0.6 is 0 Å². The van der Waals surface area contributed by atoms with Gasteiger partial charge < -0.3 is 20.3 Å². The lowest BCUT2D eigenvalue weighted by Crippen LogP contribution is -2.45. The monoisotopic (exact) mass is 1130 g/mol. The fourth-order valence-electron chi connectivity index (χ4n) is 11.9. The zero-order valence-electron chi connectivity index (χ0n) is 54.6. The van der Waals surface area contributed by atoms with Crippen molar-refractivity contribution in [2.24, 2.45) is 0 Å². The third-order valence-electron chi connectivity index (χ3n) is 17.6. The highest BCUT2D eigenvalue weighted by molar-refractivity contribution is 5.76. The van der Waals surface area contributed by atoms with E-state index in [0.29, 0.717) is 25.9 Å². The molecule has 6 nitrogen and oxygen atoms in total. The lowest BCUT2D eigenvalue weighted by Gasteiger charge is -2.22. The minimum atomic E-state index is -0.660. The van der Waals surface area contributed by atoms with Gasteiger partial charge in [0.1, 0.15) is 0 Å². The van der Waals surface area contributed by atoms with E-state index in [9.17, 15) is 19.8 Å². The SMILES string of the molecule is CCCCCCCCCCCCCCCCCCCC(=O)OCCCCCCCCCCCCCC/C=C\CCCCCCCCCCCCCCCCCCCC(=O)NC(CO)C(O)CCCCCCCCCCCCCCC. The zero-order chi connectivity index (χ0) is 57.8. The maximum atomic E-state index is 12.5. The minimum absolute atomic E-state index is 0.0237. The fraction of sp³-hybridized carbons (Fsp3) is 0.946. The molecule has 0 aromatic rings. The van der Waals surface area contributed by atoms with Gasteiger partial charge in [-0.2, -0.15) is 0 Å². The Kier molecular flexibility index (Phi) is 68.9. The number of hydrogen-bond acceptors (Lipinski definition) is 5. The number of rotatable bonds is 70. The maximum Gasteiger partial charge on any atom is 0.305 e. The van der Waals surface area contributed by atoms with Gasteiger partial charge in [-0.1, -0.05) is 373 Å². The Morgan fingerprint density at radius 1 is 0.338 bits per heavy atom. The van der Waals surface area contributed by atoms with Gasteiger partial charge in [-0.05, 0) is 51.4 Å². The van der Waals surface area contributed by atoms with Gasteiger partial charge in [-0.3, -0.25) is 9.59 Å². The van der Waals surface area contributed by atoms with Gasteiger partial charge in [-0.15, -0.1) is 0 Å². The summed E-state index contributed by atoms with van der Waals surface area (Å²) in [5.41, 5.74) is 0. The van der Waals surface area contributed by atoms with E-state index in [-0.39, 0.29) is 18.5 Å². The van der Waals surface area contributed by atoms with Crippen LogP contribution in [-0.2, 0) is 14.3 Å². The quantitative estimate of drug-likeness (QED) is 0.0320. The lowest BCUT2D eigenvalue weighted by atomic mass is 10.0. The van der Waals surface area contributed by atoms with Crippen LogP contribution in [0.15, 0.2) is 12.2 Å². The van der Waals surface area contributed by atoms with Crippen molar-refractivity contribution < 1.29 is 24.5 Å². The van der Waals surface area contributed by atoms with Crippen molar-refractivity contribution in [1.29, 1.82) is 0 Å². The molecule has 0 saturated heterocycles. The third kappa shape index (κ3) is 65.7. The molecule has 0 aliphatic heterocycles. The summed E-state index contributed by atoms with van der Waals surface area (Å²) in [6, 6.07) is -0.538. The predicted octanol–water partition coefficient (Wildman–Crippen LogP) is 23.9. The van der Waals surface area contributed by atoms with Crippen molar-refractivity contribution >= 4 is 11.9 Å². The highest BCUT2D eigenvalue weighted by Gasteiger charge is 2.20. The number of ether oxygens (including phenoxy) is 1. The normalized spacial score (nSPS) is 12.5. The standard InChI is InChI=1S/C74H145NO5/c1-3-5-7-9-11-13-15-17-18-36-40-44-48-52-56-60-64-68-74(79)80-69-65-61-57-53-49-45-41-38-35-33-31-29-27-25-23-21-19-20-22-24-26-28-30-32-34-37-39-43-47-51-55-59-63-67-73(78)75-71(70-76)72(77)66-62-58-54-50-46-42-16-14-12-10-8-6-4-2/h23,25,71-72,76-77H,3-22,24,26-70H2,1-2H3,(H,75,78)/b25-23-. The molecule has 2 unspecified atom stereocenters. The molecule has 476 valence electrons. The number of unbranched alkanes of at least 4 members (excludes halogenated alkanes) is 57. The van der Waals surface area contributed by atoms with Crippen molar-refractivity contribution in [2.45, 2.75) is 437 Å². The minimum Gasteiger partial charge on any atom is -0.466 e. The molecular formula is C74H145NO5. The number of allylic oxidation sites excluding steroid dienone is 2. The second-order valence-electron chi connectivity index (χ2n) is 25.6. The van der Waals surface area contributed by atoms with Gasteiger partial charge in [0, 0.05) is 12.8 Å². The number of hydrogen-bond donors (Lipinski definition) is 3. The summed E-state index contributed by atoms with van der Waals surface area (Å²) in [6.45, 7) is 5.00. The molecule has 0 aliphatic carbocycles. The van der Waals surface area contributed by atoms with Crippen LogP contribution in [0.5, 0.6) is 0 Å². The molecule has 6 heteroatoms. The summed E-state index contributed by atoms with van der Waals surface area (Å²) < 4.78 is 5.51. The molecular weight excluding hydrogens is 983 g/mol. The molecule has 0 aromatic carbocycles. The first-order valence-electron chi connectivity index (χ1n) is 36.9. The molecule has 0 saturated carbocycles. The Morgan fingerprint density at radius 3 is 0.887 bits per heavy atom. The summed E-state index contributed by atoms with van der Waals surface area (Å²) in [6.07, 6.45) is 87.1. The van der Waals surface area contributed by atoms with Crippen LogP contribution in [0.2, 0.25) is 0 Å². The van der Waals surface area contributed by atoms with E-state index in [1.165, 1.54) is 353 Å². The predicted molar refractivity (Wildman–Crippen MR) is 352 cm³/mol. The van der Waals surface area contributed by atoms with E-state index < -0.39 is 12.1 Å². The number of aliphatic hydroxyl groups excluding tert-OH is 2. The molecule has 0 rings (SSSR count). The average Bonchev–Trinajstić information content (AvgIpc) is 3.46. The number of carbonyl (C=O) groups excluding carboxylic acids is 2. The fourth-order valence-corrected chi connectivity index (χ4v) is 11.9. The summed E-state index contributed by atoms with van der Waals surface area (Å²) in [5, 5.41) is 23.3. The van der Waals surface area contributed by atoms with Gasteiger partial charge in [0.2, 0.25) is 5.91 Å². The summed E-state index contributed by atoms with van der Waals surface area (Å²) >= 11 is 0. The van der Waals surface area contributed by atoms with Crippen LogP contribution in [0.4, 0.5) is 0 Å². The largest absolute Gasteiger partial charge is 0.466 e. The van der Waals surface area contributed by atoms with Gasteiger partial charge in [0.15, 0.2) is 0 Å². The molecule has 80 heavy (non-hydrogen) atoms. The molecule has 0 spiro atoms. The Bertz CT molecular complexity index is 1210. The topological polar surface area (TPSA) is 95.9 Å². The van der Waals surface area contributed by atoms with Crippen LogP contribution in [0, 0.1) is 0 Å². The smallest absolute Gasteiger partial charge is 0.305 e. The first kappa shape index (κ1) is 78.6. The van der Waals surface area contributed by atoms with Crippen molar-refractivity contribution in [3.8, 4) is 0 Å². The number of nitrogens with one attached hydrogen (secondary N) is 1.